The molecule has 0 bridgehead atoms. The van der Waals surface area contributed by atoms with E-state index in [2.05, 4.69) is 0 Å². The van der Waals surface area contributed by atoms with Crippen molar-refractivity contribution in [2.45, 2.75) is 47.0 Å². The molecule has 0 aliphatic rings. The molecule has 17 heavy (non-hydrogen) atoms. The predicted octanol–water partition coefficient (Wildman–Crippen LogP) is 2.56. The highest BCUT2D eigenvalue weighted by Crippen LogP contribution is 2.04. The molecule has 0 aromatic heterocycles. The van der Waals surface area contributed by atoms with Gasteiger partial charge in [-0.3, -0.25) is 9.59 Å². The maximum Gasteiger partial charge on any atom is 0.317 e. The third-order valence-corrected chi connectivity index (χ3v) is 2.74. The molecule has 0 amide bonds. The van der Waals surface area contributed by atoms with Crippen molar-refractivity contribution in [2.75, 3.05) is 13.2 Å². The minimum atomic E-state index is -0.501. The molecule has 4 nitrogen and oxygen atoms in total. The highest BCUT2D eigenvalue weighted by Gasteiger charge is 2.13. The van der Waals surface area contributed by atoms with E-state index in [-0.39, 0.29) is 6.42 Å². The molecule has 0 spiro atoms. The van der Waals surface area contributed by atoms with E-state index in [0.717, 1.165) is 12.8 Å². The molecule has 100 valence electrons. The van der Waals surface area contributed by atoms with Crippen LogP contribution in [0.3, 0.4) is 0 Å². The lowest BCUT2D eigenvalue weighted by molar-refractivity contribution is -0.155. The zero-order valence-corrected chi connectivity index (χ0v) is 11.3. The Labute approximate surface area is 104 Å². The average Bonchev–Trinajstić information content (AvgIpc) is 2.32. The van der Waals surface area contributed by atoms with Gasteiger partial charge in [0.05, 0.1) is 13.2 Å². The third-order valence-electron chi connectivity index (χ3n) is 2.74. The molecular weight excluding hydrogens is 220 g/mol. The fourth-order valence-corrected chi connectivity index (χ4v) is 0.926. The molecule has 2 unspecified atom stereocenters. The van der Waals surface area contributed by atoms with Crippen LogP contribution in [0.15, 0.2) is 0 Å². The fourth-order valence-electron chi connectivity index (χ4n) is 0.926. The molecule has 0 aromatic rings. The number of esters is 2. The van der Waals surface area contributed by atoms with Crippen LogP contribution < -0.4 is 0 Å². The van der Waals surface area contributed by atoms with E-state index >= 15 is 0 Å². The van der Waals surface area contributed by atoms with Crippen LogP contribution in [0.2, 0.25) is 0 Å². The Morgan fingerprint density at radius 1 is 0.882 bits per heavy atom. The fraction of sp³-hybridized carbons (Fsp3) is 0.846. The molecular formula is C13H24O4. The summed E-state index contributed by atoms with van der Waals surface area (Å²) in [4.78, 5) is 22.5. The largest absolute Gasteiger partial charge is 0.465 e. The highest BCUT2D eigenvalue weighted by molar-refractivity contribution is 5.91. The van der Waals surface area contributed by atoms with Gasteiger partial charge >= 0.3 is 11.9 Å². The second-order valence-corrected chi connectivity index (χ2v) is 4.57. The second-order valence-electron chi connectivity index (χ2n) is 4.57. The lowest BCUT2D eigenvalue weighted by Crippen LogP contribution is -2.18. The Hall–Kier alpha value is -1.06. The maximum absolute atomic E-state index is 11.3. The van der Waals surface area contributed by atoms with Crippen molar-refractivity contribution < 1.29 is 19.1 Å². The summed E-state index contributed by atoms with van der Waals surface area (Å²) >= 11 is 0. The van der Waals surface area contributed by atoms with E-state index in [1.165, 1.54) is 0 Å². The lowest BCUT2D eigenvalue weighted by Gasteiger charge is -2.11. The molecule has 2 atom stereocenters. The zero-order chi connectivity index (χ0) is 13.3. The van der Waals surface area contributed by atoms with Crippen LogP contribution in [0.4, 0.5) is 0 Å². The van der Waals surface area contributed by atoms with Crippen molar-refractivity contribution in [3.8, 4) is 0 Å². The van der Waals surface area contributed by atoms with Gasteiger partial charge in [-0.1, -0.05) is 40.5 Å². The first-order chi connectivity index (χ1) is 7.99. The van der Waals surface area contributed by atoms with Crippen LogP contribution in [-0.2, 0) is 19.1 Å². The van der Waals surface area contributed by atoms with Gasteiger partial charge < -0.3 is 9.47 Å². The van der Waals surface area contributed by atoms with E-state index in [9.17, 15) is 9.59 Å². The third kappa shape index (κ3) is 8.72. The van der Waals surface area contributed by atoms with Gasteiger partial charge in [-0.2, -0.15) is 0 Å². The van der Waals surface area contributed by atoms with E-state index in [1.807, 2.05) is 27.7 Å². The summed E-state index contributed by atoms with van der Waals surface area (Å²) in [6.45, 7) is 8.78. The van der Waals surface area contributed by atoms with Gasteiger partial charge in [0.15, 0.2) is 0 Å². The molecule has 0 rings (SSSR count). The number of hydrogen-bond acceptors (Lipinski definition) is 4. The Morgan fingerprint density at radius 3 is 1.53 bits per heavy atom. The van der Waals surface area contributed by atoms with Gasteiger partial charge in [0, 0.05) is 0 Å². The number of carbonyl (C=O) groups is 2. The summed E-state index contributed by atoms with van der Waals surface area (Å²) in [5.41, 5.74) is 0. The van der Waals surface area contributed by atoms with Crippen molar-refractivity contribution in [3.05, 3.63) is 0 Å². The Balaban J connectivity index is 3.69. The molecule has 0 N–H and O–H groups in total. The number of ether oxygens (including phenoxy) is 2. The van der Waals surface area contributed by atoms with Crippen LogP contribution >= 0.6 is 0 Å². The summed E-state index contributed by atoms with van der Waals surface area (Å²) < 4.78 is 9.92. The molecule has 0 aliphatic heterocycles. The molecule has 4 heteroatoms. The Bertz CT molecular complexity index is 214. The smallest absolute Gasteiger partial charge is 0.317 e. The second kappa shape index (κ2) is 9.02. The summed E-state index contributed by atoms with van der Waals surface area (Å²) in [6.07, 6.45) is 1.62. The van der Waals surface area contributed by atoms with Gasteiger partial charge in [-0.05, 0) is 11.8 Å². The van der Waals surface area contributed by atoms with Crippen molar-refractivity contribution in [1.29, 1.82) is 0 Å². The monoisotopic (exact) mass is 244 g/mol. The van der Waals surface area contributed by atoms with E-state index in [1.54, 1.807) is 0 Å². The molecule has 0 heterocycles. The van der Waals surface area contributed by atoms with E-state index in [0.29, 0.717) is 25.0 Å². The van der Waals surface area contributed by atoms with Crippen LogP contribution in [-0.4, -0.2) is 25.2 Å². The first-order valence-corrected chi connectivity index (χ1v) is 6.30. The minimum Gasteiger partial charge on any atom is -0.465 e. The molecule has 0 fully saturated rings. The van der Waals surface area contributed by atoms with Crippen molar-refractivity contribution >= 4 is 11.9 Å². The van der Waals surface area contributed by atoms with E-state index in [4.69, 9.17) is 9.47 Å². The zero-order valence-electron chi connectivity index (χ0n) is 11.3. The molecule has 0 saturated heterocycles. The number of hydrogen-bond donors (Lipinski definition) is 0. The molecule has 0 aliphatic carbocycles. The standard InChI is InChI=1S/C13H24O4/c1-5-10(3)8-16-12(14)7-13(15)17-9-11(4)6-2/h10-11H,5-9H2,1-4H3. The quantitative estimate of drug-likeness (QED) is 0.486. The highest BCUT2D eigenvalue weighted by atomic mass is 16.6. The normalized spacial score (nSPS) is 13.9. The van der Waals surface area contributed by atoms with Crippen LogP contribution in [0.25, 0.3) is 0 Å². The van der Waals surface area contributed by atoms with Gasteiger partial charge in [0.2, 0.25) is 0 Å². The average molecular weight is 244 g/mol. The number of rotatable bonds is 8. The summed E-state index contributed by atoms with van der Waals surface area (Å²) in [6, 6.07) is 0. The first-order valence-electron chi connectivity index (χ1n) is 6.30. The first kappa shape index (κ1) is 15.9. The van der Waals surface area contributed by atoms with Gasteiger partial charge in [0.25, 0.3) is 0 Å². The SMILES string of the molecule is CCC(C)COC(=O)CC(=O)OCC(C)CC. The summed E-state index contributed by atoms with van der Waals surface area (Å²) in [5, 5.41) is 0. The van der Waals surface area contributed by atoms with Crippen LogP contribution in [0.1, 0.15) is 47.0 Å². The van der Waals surface area contributed by atoms with Gasteiger partial charge in [-0.15, -0.1) is 0 Å². The Kier molecular flexibility index (Phi) is 8.46. The number of carbonyl (C=O) groups excluding carboxylic acids is 2. The van der Waals surface area contributed by atoms with Gasteiger partial charge in [-0.25, -0.2) is 0 Å². The summed E-state index contributed by atoms with van der Waals surface area (Å²) in [7, 11) is 0. The van der Waals surface area contributed by atoms with Crippen LogP contribution in [0.5, 0.6) is 0 Å². The lowest BCUT2D eigenvalue weighted by atomic mass is 10.1. The maximum atomic E-state index is 11.3. The molecule has 0 radical (unpaired) electrons. The van der Waals surface area contributed by atoms with Crippen LogP contribution in [0, 0.1) is 11.8 Å². The van der Waals surface area contributed by atoms with Crippen molar-refractivity contribution in [1.82, 2.24) is 0 Å². The van der Waals surface area contributed by atoms with Crippen molar-refractivity contribution in [3.63, 3.8) is 0 Å². The molecule has 0 aromatic carbocycles. The predicted molar refractivity (Wildman–Crippen MR) is 65.4 cm³/mol. The van der Waals surface area contributed by atoms with Crippen molar-refractivity contribution in [2.24, 2.45) is 11.8 Å². The Morgan fingerprint density at radius 2 is 1.24 bits per heavy atom. The molecule has 0 saturated carbocycles. The summed E-state index contributed by atoms with van der Waals surface area (Å²) in [5.74, 6) is -0.343. The van der Waals surface area contributed by atoms with Gasteiger partial charge in [0.1, 0.15) is 6.42 Å². The van der Waals surface area contributed by atoms with E-state index < -0.39 is 11.9 Å². The minimum absolute atomic E-state index is 0.285. The topological polar surface area (TPSA) is 52.6 Å².